The molecule has 1 saturated heterocycles. The summed E-state index contributed by atoms with van der Waals surface area (Å²) >= 11 is 6.64. The average molecular weight is 355 g/mol. The Balaban J connectivity index is 1.99. The second kappa shape index (κ2) is 6.79. The molecule has 1 aromatic carbocycles. The van der Waals surface area contributed by atoms with Crippen LogP contribution in [0, 0.1) is 13.8 Å². The Hall–Kier alpha value is -2.11. The quantitative estimate of drug-likeness (QED) is 0.460. The molecule has 5 heteroatoms. The van der Waals surface area contributed by atoms with Crippen molar-refractivity contribution >= 4 is 40.3 Å². The Morgan fingerprint density at radius 3 is 2.62 bits per heavy atom. The van der Waals surface area contributed by atoms with Crippen LogP contribution in [0.25, 0.3) is 11.8 Å². The molecule has 0 radical (unpaired) electrons. The molecule has 1 amide bonds. The molecule has 1 aliphatic heterocycles. The Morgan fingerprint density at radius 1 is 1.25 bits per heavy atom. The molecule has 0 spiro atoms. The largest absolute Gasteiger partial charge is 0.318 e. The van der Waals surface area contributed by atoms with E-state index in [1.165, 1.54) is 11.8 Å². The average Bonchev–Trinajstić information content (AvgIpc) is 2.99. The number of amides is 1. The lowest BCUT2D eigenvalue weighted by Crippen LogP contribution is -2.27. The van der Waals surface area contributed by atoms with Crippen molar-refractivity contribution in [2.24, 2.45) is 0 Å². The standard InChI is InChI=1S/C19H18N2OS2/c1-4-10-20-18(22)17(24-19(20)23)12-15-11-13(2)21(14(15)3)16-8-6-5-7-9-16/h4-9,11-12H,1,10H2,2-3H3. The van der Waals surface area contributed by atoms with Gasteiger partial charge in [-0.05, 0) is 43.7 Å². The first kappa shape index (κ1) is 16.7. The summed E-state index contributed by atoms with van der Waals surface area (Å²) in [6, 6.07) is 12.3. The van der Waals surface area contributed by atoms with E-state index in [-0.39, 0.29) is 5.91 Å². The fourth-order valence-electron chi connectivity index (χ4n) is 2.84. The number of carbonyl (C=O) groups excluding carboxylic acids is 1. The molecule has 1 aliphatic rings. The molecule has 0 bridgehead atoms. The number of hydrogen-bond acceptors (Lipinski definition) is 3. The molecule has 3 nitrogen and oxygen atoms in total. The van der Waals surface area contributed by atoms with Crippen LogP contribution in [0.5, 0.6) is 0 Å². The number of aryl methyl sites for hydroxylation is 1. The van der Waals surface area contributed by atoms with Crippen LogP contribution in [-0.2, 0) is 4.79 Å². The Labute approximate surface area is 151 Å². The molecule has 2 heterocycles. The molecule has 0 atom stereocenters. The van der Waals surface area contributed by atoms with E-state index in [0.717, 1.165) is 22.6 Å². The highest BCUT2D eigenvalue weighted by Gasteiger charge is 2.31. The van der Waals surface area contributed by atoms with Crippen LogP contribution in [0.2, 0.25) is 0 Å². The zero-order chi connectivity index (χ0) is 17.3. The van der Waals surface area contributed by atoms with E-state index in [0.29, 0.717) is 15.8 Å². The molecule has 0 aliphatic carbocycles. The van der Waals surface area contributed by atoms with Crippen LogP contribution in [0.15, 0.2) is 54.0 Å². The summed E-state index contributed by atoms with van der Waals surface area (Å²) in [5.41, 5.74) is 4.39. The van der Waals surface area contributed by atoms with Gasteiger partial charge in [0.25, 0.3) is 5.91 Å². The molecule has 2 aromatic rings. The smallest absolute Gasteiger partial charge is 0.266 e. The molecule has 0 N–H and O–H groups in total. The van der Waals surface area contributed by atoms with Gasteiger partial charge in [-0.15, -0.1) is 6.58 Å². The van der Waals surface area contributed by atoms with Crippen molar-refractivity contribution in [3.63, 3.8) is 0 Å². The molecule has 0 saturated carbocycles. The maximum absolute atomic E-state index is 12.5. The minimum Gasteiger partial charge on any atom is -0.318 e. The van der Waals surface area contributed by atoms with Crippen molar-refractivity contribution in [1.82, 2.24) is 9.47 Å². The van der Waals surface area contributed by atoms with Crippen LogP contribution in [-0.4, -0.2) is 26.2 Å². The number of thiocarbonyl (C=S) groups is 1. The second-order valence-corrected chi connectivity index (χ2v) is 7.25. The van der Waals surface area contributed by atoms with E-state index in [1.54, 1.807) is 11.0 Å². The summed E-state index contributed by atoms with van der Waals surface area (Å²) in [6.45, 7) is 8.26. The number of rotatable bonds is 4. The monoisotopic (exact) mass is 354 g/mol. The lowest BCUT2D eigenvalue weighted by Gasteiger charge is -2.10. The van der Waals surface area contributed by atoms with Crippen molar-refractivity contribution in [2.75, 3.05) is 6.54 Å². The summed E-state index contributed by atoms with van der Waals surface area (Å²) in [6.07, 6.45) is 3.62. The van der Waals surface area contributed by atoms with Crippen LogP contribution < -0.4 is 0 Å². The minimum absolute atomic E-state index is 0.0468. The maximum Gasteiger partial charge on any atom is 0.266 e. The first-order valence-corrected chi connectivity index (χ1v) is 8.86. The van der Waals surface area contributed by atoms with Crippen molar-refractivity contribution in [1.29, 1.82) is 0 Å². The molecule has 24 heavy (non-hydrogen) atoms. The summed E-state index contributed by atoms with van der Waals surface area (Å²) in [5.74, 6) is -0.0468. The molecule has 122 valence electrons. The van der Waals surface area contributed by atoms with Crippen molar-refractivity contribution < 1.29 is 4.79 Å². The Kier molecular flexibility index (Phi) is 4.73. The number of nitrogens with zero attached hydrogens (tertiary/aromatic N) is 2. The van der Waals surface area contributed by atoms with E-state index in [9.17, 15) is 4.79 Å². The predicted molar refractivity (Wildman–Crippen MR) is 105 cm³/mol. The summed E-state index contributed by atoms with van der Waals surface area (Å²) < 4.78 is 2.78. The molecular formula is C19H18N2OS2. The van der Waals surface area contributed by atoms with Gasteiger partial charge in [0.2, 0.25) is 0 Å². The van der Waals surface area contributed by atoms with Crippen molar-refractivity contribution in [2.45, 2.75) is 13.8 Å². The van der Waals surface area contributed by atoms with E-state index in [1.807, 2.05) is 24.3 Å². The van der Waals surface area contributed by atoms with E-state index in [2.05, 4.69) is 43.2 Å². The van der Waals surface area contributed by atoms with E-state index in [4.69, 9.17) is 12.2 Å². The molecular weight excluding hydrogens is 336 g/mol. The highest BCUT2D eigenvalue weighted by Crippen LogP contribution is 2.33. The van der Waals surface area contributed by atoms with Gasteiger partial charge in [0.15, 0.2) is 0 Å². The van der Waals surface area contributed by atoms with Crippen LogP contribution in [0.1, 0.15) is 17.0 Å². The van der Waals surface area contributed by atoms with Gasteiger partial charge in [-0.3, -0.25) is 9.69 Å². The summed E-state index contributed by atoms with van der Waals surface area (Å²) in [5, 5.41) is 0. The fourth-order valence-corrected chi connectivity index (χ4v) is 4.10. The number of para-hydroxylation sites is 1. The van der Waals surface area contributed by atoms with Gasteiger partial charge in [0, 0.05) is 23.6 Å². The third-order valence-electron chi connectivity index (χ3n) is 3.96. The third-order valence-corrected chi connectivity index (χ3v) is 5.33. The minimum atomic E-state index is -0.0468. The number of benzene rings is 1. The van der Waals surface area contributed by atoms with Gasteiger partial charge < -0.3 is 4.57 Å². The van der Waals surface area contributed by atoms with Gasteiger partial charge in [0.05, 0.1) is 4.91 Å². The number of hydrogen-bond donors (Lipinski definition) is 0. The zero-order valence-electron chi connectivity index (χ0n) is 13.7. The third kappa shape index (κ3) is 2.97. The Morgan fingerprint density at radius 2 is 1.96 bits per heavy atom. The van der Waals surface area contributed by atoms with Crippen LogP contribution in [0.4, 0.5) is 0 Å². The lowest BCUT2D eigenvalue weighted by molar-refractivity contribution is -0.121. The fraction of sp³-hybridized carbons (Fsp3) is 0.158. The van der Waals surface area contributed by atoms with Crippen LogP contribution >= 0.6 is 24.0 Å². The molecule has 0 unspecified atom stereocenters. The van der Waals surface area contributed by atoms with E-state index >= 15 is 0 Å². The van der Waals surface area contributed by atoms with Gasteiger partial charge in [0.1, 0.15) is 4.32 Å². The normalized spacial score (nSPS) is 16.2. The maximum atomic E-state index is 12.5. The number of thioether (sulfide) groups is 1. The lowest BCUT2D eigenvalue weighted by atomic mass is 10.2. The van der Waals surface area contributed by atoms with Gasteiger partial charge in [-0.25, -0.2) is 0 Å². The summed E-state index contributed by atoms with van der Waals surface area (Å²) in [4.78, 5) is 14.7. The van der Waals surface area contributed by atoms with Gasteiger partial charge in [-0.1, -0.05) is 48.3 Å². The van der Waals surface area contributed by atoms with Gasteiger partial charge in [-0.2, -0.15) is 0 Å². The second-order valence-electron chi connectivity index (χ2n) is 5.58. The topological polar surface area (TPSA) is 25.2 Å². The summed E-state index contributed by atoms with van der Waals surface area (Å²) in [7, 11) is 0. The first-order chi connectivity index (χ1) is 11.5. The highest BCUT2D eigenvalue weighted by atomic mass is 32.2. The predicted octanol–water partition coefficient (Wildman–Crippen LogP) is 4.48. The van der Waals surface area contributed by atoms with Crippen molar-refractivity contribution in [3.05, 3.63) is 70.9 Å². The Bertz CT molecular complexity index is 850. The molecule has 3 rings (SSSR count). The highest BCUT2D eigenvalue weighted by molar-refractivity contribution is 8.26. The molecule has 1 aromatic heterocycles. The van der Waals surface area contributed by atoms with Crippen molar-refractivity contribution in [3.8, 4) is 5.69 Å². The van der Waals surface area contributed by atoms with Crippen LogP contribution in [0.3, 0.4) is 0 Å². The zero-order valence-corrected chi connectivity index (χ0v) is 15.3. The van der Waals surface area contributed by atoms with E-state index < -0.39 is 0 Å². The SMILES string of the molecule is C=CCN1C(=O)C(=Cc2cc(C)n(-c3ccccc3)c2C)SC1=S. The first-order valence-electron chi connectivity index (χ1n) is 7.63. The number of carbonyl (C=O) groups is 1. The molecule has 1 fully saturated rings. The number of aromatic nitrogens is 1. The van der Waals surface area contributed by atoms with Gasteiger partial charge >= 0.3 is 0 Å².